The van der Waals surface area contributed by atoms with Crippen molar-refractivity contribution in [1.29, 1.82) is 0 Å². The molecule has 2 aliphatic rings. The molecule has 1 atom stereocenters. The van der Waals surface area contributed by atoms with Gasteiger partial charge in [-0.1, -0.05) is 12.1 Å². The molecule has 29 heavy (non-hydrogen) atoms. The van der Waals surface area contributed by atoms with Crippen LogP contribution in [0.3, 0.4) is 0 Å². The van der Waals surface area contributed by atoms with E-state index in [0.717, 1.165) is 22.7 Å². The summed E-state index contributed by atoms with van der Waals surface area (Å²) in [5.74, 6) is -1.05. The van der Waals surface area contributed by atoms with E-state index in [1.807, 2.05) is 0 Å². The van der Waals surface area contributed by atoms with Gasteiger partial charge in [0.05, 0.1) is 30.1 Å². The van der Waals surface area contributed by atoms with Crippen LogP contribution in [-0.2, 0) is 33.5 Å². The number of hydrogen-bond donors (Lipinski definition) is 0. The van der Waals surface area contributed by atoms with E-state index in [4.69, 9.17) is 4.74 Å². The van der Waals surface area contributed by atoms with Gasteiger partial charge in [-0.25, -0.2) is 4.98 Å². The second-order valence-corrected chi connectivity index (χ2v) is 8.90. The van der Waals surface area contributed by atoms with E-state index in [-0.39, 0.29) is 18.3 Å². The molecule has 0 unspecified atom stereocenters. The highest BCUT2D eigenvalue weighted by Crippen LogP contribution is 2.38. The van der Waals surface area contributed by atoms with Crippen molar-refractivity contribution in [2.24, 2.45) is 5.92 Å². The molecule has 0 saturated carbocycles. The van der Waals surface area contributed by atoms with Gasteiger partial charge in [0.1, 0.15) is 10.6 Å². The topological polar surface area (TPSA) is 59.5 Å². The third-order valence-corrected chi connectivity index (χ3v) is 6.50. The molecule has 1 aromatic carbocycles. The van der Waals surface area contributed by atoms with Gasteiger partial charge < -0.3 is 9.64 Å². The summed E-state index contributed by atoms with van der Waals surface area (Å²) in [5, 5.41) is 0.509. The van der Waals surface area contributed by atoms with Crippen LogP contribution in [-0.4, -0.2) is 33.9 Å². The molecular weight excluding hydrogens is 405 g/mol. The number of carbonyl (C=O) groups is 2. The first-order valence-corrected chi connectivity index (χ1v) is 10.0. The highest BCUT2D eigenvalue weighted by atomic mass is 32.1. The predicted octanol–water partition coefficient (Wildman–Crippen LogP) is 4.06. The van der Waals surface area contributed by atoms with Crippen molar-refractivity contribution in [1.82, 2.24) is 9.88 Å². The molecule has 9 heteroatoms. The molecule has 154 valence electrons. The molecule has 2 aliphatic heterocycles. The average molecular weight is 424 g/mol. The molecule has 5 nitrogen and oxygen atoms in total. The molecule has 0 N–H and O–H groups in total. The number of cyclic esters (lactones) is 1. The fourth-order valence-corrected chi connectivity index (χ4v) is 4.88. The minimum atomic E-state index is -4.41. The van der Waals surface area contributed by atoms with Crippen LogP contribution in [0.4, 0.5) is 13.2 Å². The molecule has 1 aromatic heterocycles. The number of rotatable bonds is 2. The second-order valence-electron chi connectivity index (χ2n) is 7.81. The Kier molecular flexibility index (Phi) is 4.68. The minimum Gasteiger partial charge on any atom is -0.459 e. The third-order valence-electron chi connectivity index (χ3n) is 5.36. The number of alkyl halides is 3. The highest BCUT2D eigenvalue weighted by molar-refractivity contribution is 7.15. The monoisotopic (exact) mass is 424 g/mol. The summed E-state index contributed by atoms with van der Waals surface area (Å²) in [4.78, 5) is 31.6. The second kappa shape index (κ2) is 6.83. The van der Waals surface area contributed by atoms with Gasteiger partial charge in [-0.15, -0.1) is 11.3 Å². The lowest BCUT2D eigenvalue weighted by Gasteiger charge is -2.32. The van der Waals surface area contributed by atoms with Crippen LogP contribution in [0.5, 0.6) is 0 Å². The predicted molar refractivity (Wildman–Crippen MR) is 100.0 cm³/mol. The summed E-state index contributed by atoms with van der Waals surface area (Å²) in [6.07, 6.45) is -3.82. The first-order chi connectivity index (χ1) is 13.5. The van der Waals surface area contributed by atoms with Crippen molar-refractivity contribution in [3.8, 4) is 10.6 Å². The van der Waals surface area contributed by atoms with Gasteiger partial charge in [0.25, 0.3) is 0 Å². The quantitative estimate of drug-likeness (QED) is 0.683. The zero-order chi connectivity index (χ0) is 21.0. The van der Waals surface area contributed by atoms with Crippen LogP contribution in [0, 0.1) is 5.92 Å². The summed E-state index contributed by atoms with van der Waals surface area (Å²) < 4.78 is 44.2. The lowest BCUT2D eigenvalue weighted by atomic mass is 9.89. The maximum Gasteiger partial charge on any atom is 0.416 e. The Morgan fingerprint density at radius 2 is 2.10 bits per heavy atom. The summed E-state index contributed by atoms with van der Waals surface area (Å²) in [7, 11) is 0. The van der Waals surface area contributed by atoms with Crippen molar-refractivity contribution in [3.05, 3.63) is 40.4 Å². The fraction of sp³-hybridized carbons (Fsp3) is 0.450. The van der Waals surface area contributed by atoms with Crippen LogP contribution in [0.15, 0.2) is 24.3 Å². The van der Waals surface area contributed by atoms with Crippen molar-refractivity contribution < 1.29 is 27.5 Å². The van der Waals surface area contributed by atoms with Crippen LogP contribution in [0.2, 0.25) is 0 Å². The van der Waals surface area contributed by atoms with Gasteiger partial charge in [-0.05, 0) is 26.0 Å². The molecule has 4 rings (SSSR count). The van der Waals surface area contributed by atoms with Gasteiger partial charge in [0.2, 0.25) is 5.91 Å². The van der Waals surface area contributed by atoms with E-state index in [9.17, 15) is 22.8 Å². The Hall–Kier alpha value is -2.42. The summed E-state index contributed by atoms with van der Waals surface area (Å²) in [6, 6.07) is 5.10. The van der Waals surface area contributed by atoms with E-state index >= 15 is 0 Å². The number of carbonyl (C=O) groups excluding carboxylic acids is 2. The van der Waals surface area contributed by atoms with Gasteiger partial charge in [0.15, 0.2) is 0 Å². The molecule has 1 amide bonds. The van der Waals surface area contributed by atoms with Crippen LogP contribution >= 0.6 is 11.3 Å². The molecule has 0 radical (unpaired) electrons. The number of amides is 1. The van der Waals surface area contributed by atoms with Crippen molar-refractivity contribution >= 4 is 23.2 Å². The summed E-state index contributed by atoms with van der Waals surface area (Å²) in [5.41, 5.74) is -0.337. The largest absolute Gasteiger partial charge is 0.459 e. The van der Waals surface area contributed by atoms with Crippen molar-refractivity contribution in [2.45, 2.75) is 45.0 Å². The smallest absolute Gasteiger partial charge is 0.416 e. The highest BCUT2D eigenvalue weighted by Gasteiger charge is 2.48. The molecule has 2 aromatic rings. The van der Waals surface area contributed by atoms with Crippen LogP contribution in [0.25, 0.3) is 10.6 Å². The molecule has 1 saturated heterocycles. The number of ether oxygens (including phenoxy) is 1. The number of esters is 1. The molecule has 1 fully saturated rings. The number of halogens is 3. The Balaban J connectivity index is 1.55. The summed E-state index contributed by atoms with van der Waals surface area (Å²) in [6.45, 7) is 4.26. The first kappa shape index (κ1) is 19.9. The number of thiazole rings is 1. The van der Waals surface area contributed by atoms with Gasteiger partial charge >= 0.3 is 12.1 Å². The van der Waals surface area contributed by atoms with E-state index in [0.29, 0.717) is 30.1 Å². The van der Waals surface area contributed by atoms with E-state index in [2.05, 4.69) is 4.98 Å². The molecule has 0 spiro atoms. The zero-order valence-electron chi connectivity index (χ0n) is 15.9. The standard InChI is InChI=1S/C20H19F3N2O3S/c1-19(2)13(9-16(26)28-19)18(27)25-7-6-14-15(10-25)29-17(24-14)11-4-3-5-12(8-11)20(21,22)23/h3-5,8,13H,6-7,9-10H2,1-2H3/t13-/m1/s1. The number of hydrogen-bond acceptors (Lipinski definition) is 5. The first-order valence-electron chi connectivity index (χ1n) is 9.21. The van der Waals surface area contributed by atoms with E-state index < -0.39 is 23.3 Å². The Morgan fingerprint density at radius 1 is 1.34 bits per heavy atom. The lowest BCUT2D eigenvalue weighted by molar-refractivity contribution is -0.149. The molecule has 0 bridgehead atoms. The zero-order valence-corrected chi connectivity index (χ0v) is 16.7. The number of nitrogens with zero attached hydrogens (tertiary/aromatic N) is 2. The summed E-state index contributed by atoms with van der Waals surface area (Å²) >= 11 is 1.30. The molecular formula is C20H19F3N2O3S. The number of fused-ring (bicyclic) bond motifs is 1. The SMILES string of the molecule is CC1(C)OC(=O)C[C@@H]1C(=O)N1CCc2nc(-c3cccc(C(F)(F)F)c3)sc2C1. The Labute approximate surface area is 169 Å². The van der Waals surface area contributed by atoms with Gasteiger partial charge in [-0.2, -0.15) is 13.2 Å². The molecule has 0 aliphatic carbocycles. The van der Waals surface area contributed by atoms with Crippen LogP contribution in [0.1, 0.15) is 36.4 Å². The molecule has 3 heterocycles. The van der Waals surface area contributed by atoms with Crippen molar-refractivity contribution in [3.63, 3.8) is 0 Å². The maximum absolute atomic E-state index is 13.0. The van der Waals surface area contributed by atoms with E-state index in [1.165, 1.54) is 17.4 Å². The maximum atomic E-state index is 13.0. The average Bonchev–Trinajstić information content (AvgIpc) is 3.19. The third kappa shape index (κ3) is 3.75. The Morgan fingerprint density at radius 3 is 2.76 bits per heavy atom. The normalized spacial score (nSPS) is 21.1. The van der Waals surface area contributed by atoms with Gasteiger partial charge in [-0.3, -0.25) is 9.59 Å². The Bertz CT molecular complexity index is 984. The fourth-order valence-electron chi connectivity index (χ4n) is 3.76. The minimum absolute atomic E-state index is 0.0629. The number of benzene rings is 1. The number of aromatic nitrogens is 1. The van der Waals surface area contributed by atoms with Gasteiger partial charge in [0, 0.05) is 23.4 Å². The van der Waals surface area contributed by atoms with E-state index in [1.54, 1.807) is 24.8 Å². The lowest BCUT2D eigenvalue weighted by Crippen LogP contribution is -2.44. The van der Waals surface area contributed by atoms with Crippen molar-refractivity contribution in [2.75, 3.05) is 6.54 Å². The van der Waals surface area contributed by atoms with Crippen LogP contribution < -0.4 is 0 Å².